The summed E-state index contributed by atoms with van der Waals surface area (Å²) in [4.78, 5) is 19.4. The molecule has 0 aliphatic heterocycles. The van der Waals surface area contributed by atoms with Crippen molar-refractivity contribution in [1.82, 2.24) is 9.97 Å². The number of carbonyl (C=O) groups excluding carboxylic acids is 1. The summed E-state index contributed by atoms with van der Waals surface area (Å²) in [7, 11) is 1.46. The number of ether oxygens (including phenoxy) is 1. The first-order chi connectivity index (χ1) is 6.97. The first kappa shape index (κ1) is 11.9. The topological polar surface area (TPSA) is 52.1 Å². The van der Waals surface area contributed by atoms with Crippen molar-refractivity contribution in [2.45, 2.75) is 26.7 Å². The van der Waals surface area contributed by atoms with E-state index in [9.17, 15) is 4.79 Å². The third-order valence-electron chi connectivity index (χ3n) is 1.95. The predicted molar refractivity (Wildman–Crippen MR) is 57.7 cm³/mol. The summed E-state index contributed by atoms with van der Waals surface area (Å²) in [6.07, 6.45) is 0. The van der Waals surface area contributed by atoms with Crippen LogP contribution in [-0.2, 0) is 0 Å². The second kappa shape index (κ2) is 4.57. The summed E-state index contributed by atoms with van der Waals surface area (Å²) in [6.45, 7) is 5.32. The molecular formula is C10H13ClN2O2. The summed E-state index contributed by atoms with van der Waals surface area (Å²) < 4.78 is 4.90. The van der Waals surface area contributed by atoms with Crippen LogP contribution in [0.25, 0.3) is 0 Å². The van der Waals surface area contributed by atoms with Crippen LogP contribution in [0.4, 0.5) is 0 Å². The number of Topliss-reactive ketones (excluding diaryl/α,β-unsaturated/α-hetero) is 1. The van der Waals surface area contributed by atoms with Crippen molar-refractivity contribution >= 4 is 17.4 Å². The van der Waals surface area contributed by atoms with Gasteiger partial charge in [0.05, 0.1) is 18.4 Å². The van der Waals surface area contributed by atoms with Gasteiger partial charge in [0.15, 0.2) is 5.78 Å². The summed E-state index contributed by atoms with van der Waals surface area (Å²) in [5.41, 5.74) is 1.01. The highest BCUT2D eigenvalue weighted by Gasteiger charge is 2.19. The lowest BCUT2D eigenvalue weighted by Crippen LogP contribution is -2.08. The summed E-state index contributed by atoms with van der Waals surface area (Å²) >= 11 is 5.90. The number of aromatic nitrogens is 2. The van der Waals surface area contributed by atoms with Gasteiger partial charge in [-0.25, -0.2) is 0 Å². The van der Waals surface area contributed by atoms with E-state index in [1.807, 2.05) is 13.8 Å². The largest absolute Gasteiger partial charge is 0.467 e. The molecule has 5 heteroatoms. The molecule has 4 nitrogen and oxygen atoms in total. The molecule has 1 aromatic heterocycles. The van der Waals surface area contributed by atoms with Crippen LogP contribution in [0.2, 0.25) is 5.15 Å². The molecule has 0 atom stereocenters. The van der Waals surface area contributed by atoms with E-state index in [1.54, 1.807) is 0 Å². The molecule has 0 amide bonds. The Morgan fingerprint density at radius 2 is 2.00 bits per heavy atom. The Balaban J connectivity index is 3.42. The number of halogens is 1. The second-order valence-electron chi connectivity index (χ2n) is 3.47. The van der Waals surface area contributed by atoms with Gasteiger partial charge in [-0.1, -0.05) is 25.4 Å². The molecule has 0 N–H and O–H groups in total. The van der Waals surface area contributed by atoms with Crippen molar-refractivity contribution in [3.05, 3.63) is 16.4 Å². The molecule has 0 bridgehead atoms. The summed E-state index contributed by atoms with van der Waals surface area (Å²) in [5, 5.41) is 0.151. The van der Waals surface area contributed by atoms with E-state index in [1.165, 1.54) is 14.0 Å². The number of hydrogen-bond donors (Lipinski definition) is 0. The van der Waals surface area contributed by atoms with Crippen molar-refractivity contribution < 1.29 is 9.53 Å². The van der Waals surface area contributed by atoms with Crippen LogP contribution in [0.5, 0.6) is 6.01 Å². The predicted octanol–water partition coefficient (Wildman–Crippen LogP) is 2.46. The normalized spacial score (nSPS) is 10.5. The second-order valence-corrected chi connectivity index (χ2v) is 3.83. The molecule has 0 unspecified atom stereocenters. The molecule has 1 aromatic rings. The first-order valence-corrected chi connectivity index (χ1v) is 4.97. The maximum Gasteiger partial charge on any atom is 0.317 e. The van der Waals surface area contributed by atoms with Crippen molar-refractivity contribution in [2.75, 3.05) is 7.11 Å². The van der Waals surface area contributed by atoms with E-state index in [0.29, 0.717) is 11.3 Å². The Hall–Kier alpha value is -1.16. The molecule has 0 saturated carbocycles. The monoisotopic (exact) mass is 228 g/mol. The number of ketones is 1. The Kier molecular flexibility index (Phi) is 3.63. The number of hydrogen-bond acceptors (Lipinski definition) is 4. The van der Waals surface area contributed by atoms with Crippen LogP contribution in [0, 0.1) is 0 Å². The lowest BCUT2D eigenvalue weighted by Gasteiger charge is -2.11. The van der Waals surface area contributed by atoms with Gasteiger partial charge in [-0.05, 0) is 12.8 Å². The Bertz CT molecular complexity index is 391. The fourth-order valence-electron chi connectivity index (χ4n) is 1.26. The third-order valence-corrected chi connectivity index (χ3v) is 2.23. The van der Waals surface area contributed by atoms with Crippen LogP contribution >= 0.6 is 11.6 Å². The van der Waals surface area contributed by atoms with Gasteiger partial charge in [-0.2, -0.15) is 9.97 Å². The molecule has 0 saturated heterocycles. The molecule has 0 radical (unpaired) electrons. The molecule has 0 aliphatic carbocycles. The molecule has 1 heterocycles. The first-order valence-electron chi connectivity index (χ1n) is 4.59. The van der Waals surface area contributed by atoms with E-state index in [-0.39, 0.29) is 22.9 Å². The zero-order valence-corrected chi connectivity index (χ0v) is 9.92. The van der Waals surface area contributed by atoms with Gasteiger partial charge in [0.2, 0.25) is 0 Å². The van der Waals surface area contributed by atoms with Crippen LogP contribution in [0.15, 0.2) is 0 Å². The molecule has 0 aromatic carbocycles. The highest BCUT2D eigenvalue weighted by molar-refractivity contribution is 6.32. The lowest BCUT2D eigenvalue weighted by atomic mass is 10.0. The van der Waals surface area contributed by atoms with Gasteiger partial charge in [0.25, 0.3) is 0 Å². The number of carbonyl (C=O) groups is 1. The highest BCUT2D eigenvalue weighted by Crippen LogP contribution is 2.25. The van der Waals surface area contributed by atoms with Crippen molar-refractivity contribution in [3.63, 3.8) is 0 Å². The molecule has 1 rings (SSSR count). The molecule has 0 aliphatic rings. The molecule has 82 valence electrons. The maximum absolute atomic E-state index is 11.4. The van der Waals surface area contributed by atoms with Crippen LogP contribution < -0.4 is 4.74 Å². The summed E-state index contributed by atoms with van der Waals surface area (Å²) in [6, 6.07) is 0.189. The number of rotatable bonds is 3. The quantitative estimate of drug-likeness (QED) is 0.589. The van der Waals surface area contributed by atoms with Gasteiger partial charge in [-0.3, -0.25) is 4.79 Å². The van der Waals surface area contributed by atoms with E-state index >= 15 is 0 Å². The van der Waals surface area contributed by atoms with E-state index in [4.69, 9.17) is 16.3 Å². The number of nitrogens with zero attached hydrogens (tertiary/aromatic N) is 2. The molecule has 0 fully saturated rings. The fourth-order valence-corrected chi connectivity index (χ4v) is 1.57. The minimum atomic E-state index is -0.133. The van der Waals surface area contributed by atoms with Gasteiger partial charge >= 0.3 is 6.01 Å². The van der Waals surface area contributed by atoms with E-state index in [0.717, 1.165) is 0 Å². The van der Waals surface area contributed by atoms with Crippen LogP contribution in [-0.4, -0.2) is 22.9 Å². The van der Waals surface area contributed by atoms with Crippen LogP contribution in [0.1, 0.15) is 42.7 Å². The SMILES string of the molecule is COc1nc(Cl)c(C(C)=O)c(C(C)C)n1. The minimum Gasteiger partial charge on any atom is -0.467 e. The molecule has 15 heavy (non-hydrogen) atoms. The lowest BCUT2D eigenvalue weighted by molar-refractivity contribution is 0.101. The van der Waals surface area contributed by atoms with Crippen molar-refractivity contribution in [2.24, 2.45) is 0 Å². The molecular weight excluding hydrogens is 216 g/mol. The summed E-state index contributed by atoms with van der Waals surface area (Å²) in [5.74, 6) is -0.0374. The standard InChI is InChI=1S/C10H13ClN2O2/c1-5(2)8-7(6(3)14)9(11)13-10(12-8)15-4/h5H,1-4H3. The van der Waals surface area contributed by atoms with Gasteiger partial charge in [0, 0.05) is 0 Å². The Morgan fingerprint density at radius 3 is 2.40 bits per heavy atom. The maximum atomic E-state index is 11.4. The zero-order valence-electron chi connectivity index (χ0n) is 9.17. The fraction of sp³-hybridized carbons (Fsp3) is 0.500. The van der Waals surface area contributed by atoms with Crippen molar-refractivity contribution in [1.29, 1.82) is 0 Å². The van der Waals surface area contributed by atoms with Crippen LogP contribution in [0.3, 0.4) is 0 Å². The van der Waals surface area contributed by atoms with E-state index < -0.39 is 0 Å². The Morgan fingerprint density at radius 1 is 1.40 bits per heavy atom. The minimum absolute atomic E-state index is 0.0956. The smallest absolute Gasteiger partial charge is 0.317 e. The molecule has 0 spiro atoms. The number of methoxy groups -OCH3 is 1. The Labute approximate surface area is 93.6 Å². The van der Waals surface area contributed by atoms with Gasteiger partial charge < -0.3 is 4.74 Å². The average molecular weight is 229 g/mol. The van der Waals surface area contributed by atoms with Gasteiger partial charge in [-0.15, -0.1) is 0 Å². The zero-order chi connectivity index (χ0) is 11.6. The average Bonchev–Trinajstić information content (AvgIpc) is 2.15. The third kappa shape index (κ3) is 2.45. The highest BCUT2D eigenvalue weighted by atomic mass is 35.5. The van der Waals surface area contributed by atoms with Gasteiger partial charge in [0.1, 0.15) is 5.15 Å². The van der Waals surface area contributed by atoms with E-state index in [2.05, 4.69) is 9.97 Å². The van der Waals surface area contributed by atoms with Crippen molar-refractivity contribution in [3.8, 4) is 6.01 Å².